The maximum absolute atomic E-state index is 12.2. The van der Waals surface area contributed by atoms with Gasteiger partial charge in [-0.3, -0.25) is 4.21 Å². The fourth-order valence-corrected chi connectivity index (χ4v) is 3.44. The van der Waals surface area contributed by atoms with Gasteiger partial charge in [0.2, 0.25) is 0 Å². The number of rotatable bonds is 3. The third-order valence-electron chi connectivity index (χ3n) is 2.44. The minimum absolute atomic E-state index is 0.399. The van der Waals surface area contributed by atoms with Crippen LogP contribution in [0.2, 0.25) is 5.02 Å². The van der Waals surface area contributed by atoms with Crippen molar-refractivity contribution in [2.75, 3.05) is 5.73 Å². The van der Waals surface area contributed by atoms with Gasteiger partial charge < -0.3 is 5.73 Å². The normalized spacial score (nSPS) is 12.3. The minimum atomic E-state index is -1.11. The summed E-state index contributed by atoms with van der Waals surface area (Å²) in [6, 6.07) is 12.6. The van der Waals surface area contributed by atoms with Gasteiger partial charge >= 0.3 is 0 Å². The number of halogens is 2. The van der Waals surface area contributed by atoms with Crippen molar-refractivity contribution in [2.45, 2.75) is 10.6 Å². The van der Waals surface area contributed by atoms with E-state index in [2.05, 4.69) is 15.9 Å². The lowest BCUT2D eigenvalue weighted by molar-refractivity contribution is 0.682. The third kappa shape index (κ3) is 3.34. The molecular weight excluding hydrogens is 334 g/mol. The summed E-state index contributed by atoms with van der Waals surface area (Å²) in [6.07, 6.45) is 0. The second kappa shape index (κ2) is 5.87. The van der Waals surface area contributed by atoms with Crippen molar-refractivity contribution in [3.05, 3.63) is 57.5 Å². The fourth-order valence-electron chi connectivity index (χ4n) is 1.48. The number of benzene rings is 2. The molecule has 2 nitrogen and oxygen atoms in total. The van der Waals surface area contributed by atoms with Gasteiger partial charge in [0.05, 0.1) is 16.6 Å². The molecule has 0 bridgehead atoms. The lowest BCUT2D eigenvalue weighted by atomic mass is 10.2. The molecule has 94 valence electrons. The summed E-state index contributed by atoms with van der Waals surface area (Å²) in [5, 5.41) is 0.619. The van der Waals surface area contributed by atoms with Gasteiger partial charge in [0, 0.05) is 20.1 Å². The molecule has 0 aliphatic rings. The summed E-state index contributed by atoms with van der Waals surface area (Å²) in [7, 11) is -1.11. The van der Waals surface area contributed by atoms with Crippen LogP contribution in [0, 0.1) is 0 Å². The van der Waals surface area contributed by atoms with Gasteiger partial charge in [0.25, 0.3) is 0 Å². The van der Waals surface area contributed by atoms with Crippen LogP contribution >= 0.6 is 27.5 Å². The van der Waals surface area contributed by atoms with Gasteiger partial charge in [-0.1, -0.05) is 33.6 Å². The van der Waals surface area contributed by atoms with Crippen LogP contribution in [0.1, 0.15) is 5.56 Å². The highest BCUT2D eigenvalue weighted by atomic mass is 79.9. The molecule has 18 heavy (non-hydrogen) atoms. The van der Waals surface area contributed by atoms with E-state index in [1.807, 2.05) is 12.1 Å². The summed E-state index contributed by atoms with van der Waals surface area (Å²) in [6.45, 7) is 0. The third-order valence-corrected chi connectivity index (χ3v) is 4.66. The molecule has 0 saturated heterocycles. The second-order valence-corrected chi connectivity index (χ2v) is 6.57. The van der Waals surface area contributed by atoms with Gasteiger partial charge in [-0.25, -0.2) is 0 Å². The Balaban J connectivity index is 2.18. The van der Waals surface area contributed by atoms with E-state index in [0.29, 0.717) is 16.5 Å². The lowest BCUT2D eigenvalue weighted by Gasteiger charge is -2.05. The topological polar surface area (TPSA) is 43.1 Å². The summed E-state index contributed by atoms with van der Waals surface area (Å²) >= 11 is 9.44. The highest BCUT2D eigenvalue weighted by Crippen LogP contribution is 2.24. The SMILES string of the molecule is Nc1ccc(S(=O)Cc2ccc(Br)cc2Cl)cc1. The zero-order valence-corrected chi connectivity index (χ0v) is 12.6. The predicted molar refractivity (Wildman–Crippen MR) is 80.1 cm³/mol. The molecule has 0 aliphatic carbocycles. The molecule has 1 atom stereocenters. The van der Waals surface area contributed by atoms with E-state index >= 15 is 0 Å². The van der Waals surface area contributed by atoms with Gasteiger partial charge in [-0.15, -0.1) is 0 Å². The summed E-state index contributed by atoms with van der Waals surface area (Å²) < 4.78 is 13.1. The molecule has 0 amide bonds. The number of nitrogens with two attached hydrogens (primary N) is 1. The number of nitrogen functional groups attached to an aromatic ring is 1. The molecule has 5 heteroatoms. The predicted octanol–water partition coefficient (Wildman–Crippen LogP) is 3.99. The second-order valence-electron chi connectivity index (χ2n) is 3.79. The number of hydrogen-bond donors (Lipinski definition) is 1. The first kappa shape index (κ1) is 13.6. The van der Waals surface area contributed by atoms with Crippen molar-refractivity contribution in [3.8, 4) is 0 Å². The van der Waals surface area contributed by atoms with E-state index in [1.165, 1.54) is 0 Å². The van der Waals surface area contributed by atoms with Crippen molar-refractivity contribution in [2.24, 2.45) is 0 Å². The van der Waals surface area contributed by atoms with E-state index in [-0.39, 0.29) is 0 Å². The molecule has 0 radical (unpaired) electrons. The van der Waals surface area contributed by atoms with Gasteiger partial charge in [0.1, 0.15) is 0 Å². The average molecular weight is 345 g/mol. The molecule has 0 aliphatic heterocycles. The number of hydrogen-bond acceptors (Lipinski definition) is 2. The average Bonchev–Trinajstić information content (AvgIpc) is 2.33. The first-order valence-electron chi connectivity index (χ1n) is 5.24. The Bertz CT molecular complexity index is 586. The zero-order chi connectivity index (χ0) is 13.1. The molecule has 2 aromatic rings. The van der Waals surface area contributed by atoms with Crippen molar-refractivity contribution in [3.63, 3.8) is 0 Å². The van der Waals surface area contributed by atoms with Gasteiger partial charge in [0.15, 0.2) is 0 Å². The molecule has 0 aromatic heterocycles. The quantitative estimate of drug-likeness (QED) is 0.855. The summed E-state index contributed by atoms with van der Waals surface area (Å²) in [5.74, 6) is 0.399. The van der Waals surface area contributed by atoms with Crippen LogP contribution in [0.15, 0.2) is 51.8 Å². The molecule has 2 N–H and O–H groups in total. The van der Waals surface area contributed by atoms with Crippen LogP contribution in [0.25, 0.3) is 0 Å². The molecule has 0 spiro atoms. The van der Waals surface area contributed by atoms with Gasteiger partial charge in [-0.05, 0) is 42.0 Å². The highest BCUT2D eigenvalue weighted by Gasteiger charge is 2.08. The first-order valence-corrected chi connectivity index (χ1v) is 7.73. The summed E-state index contributed by atoms with van der Waals surface area (Å²) in [5.41, 5.74) is 7.13. The van der Waals surface area contributed by atoms with Crippen LogP contribution in [-0.4, -0.2) is 4.21 Å². The van der Waals surface area contributed by atoms with Crippen LogP contribution in [0.3, 0.4) is 0 Å². The lowest BCUT2D eigenvalue weighted by Crippen LogP contribution is -1.97. The Kier molecular flexibility index (Phi) is 4.43. The zero-order valence-electron chi connectivity index (χ0n) is 9.40. The highest BCUT2D eigenvalue weighted by molar-refractivity contribution is 9.10. The molecule has 0 saturated carbocycles. The van der Waals surface area contributed by atoms with E-state index in [0.717, 1.165) is 14.9 Å². The van der Waals surface area contributed by atoms with E-state index in [1.54, 1.807) is 30.3 Å². The van der Waals surface area contributed by atoms with Crippen molar-refractivity contribution in [1.82, 2.24) is 0 Å². The first-order chi connectivity index (χ1) is 8.56. The Hall–Kier alpha value is -0.840. The molecule has 0 fully saturated rings. The Labute approximate surface area is 122 Å². The standard InChI is InChI=1S/C13H11BrClNOS/c14-10-2-1-9(13(15)7-10)8-18(17)12-5-3-11(16)4-6-12/h1-7H,8,16H2. The molecule has 2 aromatic carbocycles. The van der Waals surface area contributed by atoms with E-state index in [4.69, 9.17) is 17.3 Å². The Morgan fingerprint density at radius 3 is 2.44 bits per heavy atom. The van der Waals surface area contributed by atoms with Crippen molar-refractivity contribution in [1.29, 1.82) is 0 Å². The van der Waals surface area contributed by atoms with Crippen LogP contribution in [-0.2, 0) is 16.6 Å². The summed E-state index contributed by atoms with van der Waals surface area (Å²) in [4.78, 5) is 0.753. The number of anilines is 1. The molecule has 0 heterocycles. The van der Waals surface area contributed by atoms with Crippen LogP contribution < -0.4 is 5.73 Å². The largest absolute Gasteiger partial charge is 0.399 e. The smallest absolute Gasteiger partial charge is 0.0574 e. The van der Waals surface area contributed by atoms with Gasteiger partial charge in [-0.2, -0.15) is 0 Å². The van der Waals surface area contributed by atoms with Crippen LogP contribution in [0.4, 0.5) is 5.69 Å². The fraction of sp³-hybridized carbons (Fsp3) is 0.0769. The minimum Gasteiger partial charge on any atom is -0.399 e. The Morgan fingerprint density at radius 2 is 1.83 bits per heavy atom. The van der Waals surface area contributed by atoms with E-state index in [9.17, 15) is 4.21 Å². The van der Waals surface area contributed by atoms with E-state index < -0.39 is 10.8 Å². The van der Waals surface area contributed by atoms with Crippen molar-refractivity contribution >= 4 is 44.0 Å². The maximum atomic E-state index is 12.2. The molecule has 2 rings (SSSR count). The van der Waals surface area contributed by atoms with Crippen LogP contribution in [0.5, 0.6) is 0 Å². The van der Waals surface area contributed by atoms with Crippen molar-refractivity contribution < 1.29 is 4.21 Å². The monoisotopic (exact) mass is 343 g/mol. The Morgan fingerprint density at radius 1 is 1.17 bits per heavy atom. The maximum Gasteiger partial charge on any atom is 0.0574 e. The molecular formula is C13H11BrClNOS. The molecule has 1 unspecified atom stereocenters.